The fourth-order valence-electron chi connectivity index (χ4n) is 2.26. The molecule has 4 heteroatoms. The minimum absolute atomic E-state index is 0.357. The van der Waals surface area contributed by atoms with E-state index in [1.54, 1.807) is 6.92 Å². The molecule has 0 spiro atoms. The minimum Gasteiger partial charge on any atom is -0.326 e. The van der Waals surface area contributed by atoms with Crippen molar-refractivity contribution < 1.29 is 13.2 Å². The van der Waals surface area contributed by atoms with Crippen molar-refractivity contribution in [2.75, 3.05) is 0 Å². The van der Waals surface area contributed by atoms with Crippen molar-refractivity contribution in [1.82, 2.24) is 0 Å². The number of nitrogens with two attached hydrogens (primary N) is 1. The lowest BCUT2D eigenvalue weighted by Gasteiger charge is -2.14. The molecule has 2 aromatic rings. The van der Waals surface area contributed by atoms with Crippen LogP contribution < -0.4 is 5.73 Å². The number of alkyl halides is 3. The van der Waals surface area contributed by atoms with Gasteiger partial charge in [-0.05, 0) is 48.2 Å². The van der Waals surface area contributed by atoms with Gasteiger partial charge in [-0.25, -0.2) is 0 Å². The molecule has 106 valence electrons. The Hall–Kier alpha value is -1.81. The highest BCUT2D eigenvalue weighted by atomic mass is 19.4. The molecule has 0 bridgehead atoms. The summed E-state index contributed by atoms with van der Waals surface area (Å²) in [6, 6.07) is 9.64. The maximum Gasteiger partial charge on any atom is 0.416 e. The molecule has 20 heavy (non-hydrogen) atoms. The molecule has 0 saturated carbocycles. The largest absolute Gasteiger partial charge is 0.416 e. The van der Waals surface area contributed by atoms with Crippen LogP contribution in [0.1, 0.15) is 22.3 Å². The zero-order valence-corrected chi connectivity index (χ0v) is 11.4. The van der Waals surface area contributed by atoms with E-state index < -0.39 is 11.7 Å². The molecule has 2 N–H and O–H groups in total. The number of hydrogen-bond acceptors (Lipinski definition) is 1. The lowest BCUT2D eigenvalue weighted by molar-refractivity contribution is -0.137. The molecule has 0 aromatic heterocycles. The van der Waals surface area contributed by atoms with Gasteiger partial charge in [-0.3, -0.25) is 0 Å². The van der Waals surface area contributed by atoms with Crippen LogP contribution in [0.4, 0.5) is 13.2 Å². The molecule has 2 aromatic carbocycles. The van der Waals surface area contributed by atoms with Gasteiger partial charge in [-0.2, -0.15) is 13.2 Å². The summed E-state index contributed by atoms with van der Waals surface area (Å²) in [6.45, 7) is 3.99. The van der Waals surface area contributed by atoms with Crippen LogP contribution in [0.15, 0.2) is 36.4 Å². The van der Waals surface area contributed by atoms with Gasteiger partial charge in [0.05, 0.1) is 5.56 Å². The van der Waals surface area contributed by atoms with Gasteiger partial charge in [0.2, 0.25) is 0 Å². The zero-order chi connectivity index (χ0) is 14.9. The quantitative estimate of drug-likeness (QED) is 0.863. The van der Waals surface area contributed by atoms with E-state index in [0.29, 0.717) is 12.1 Å². The second-order valence-corrected chi connectivity index (χ2v) is 4.89. The van der Waals surface area contributed by atoms with Crippen molar-refractivity contribution in [2.24, 2.45) is 5.73 Å². The van der Waals surface area contributed by atoms with E-state index in [0.717, 1.165) is 28.3 Å². The van der Waals surface area contributed by atoms with Crippen molar-refractivity contribution in [3.63, 3.8) is 0 Å². The van der Waals surface area contributed by atoms with E-state index in [4.69, 9.17) is 5.73 Å². The Morgan fingerprint density at radius 1 is 0.950 bits per heavy atom. The lowest BCUT2D eigenvalue weighted by Crippen LogP contribution is -2.06. The SMILES string of the molecule is Cc1ccc(CN)c(-c2ccc(C(F)(F)F)cc2C)c1. The number of rotatable bonds is 2. The first kappa shape index (κ1) is 14.6. The third kappa shape index (κ3) is 2.85. The smallest absolute Gasteiger partial charge is 0.326 e. The maximum atomic E-state index is 12.7. The van der Waals surface area contributed by atoms with Gasteiger partial charge < -0.3 is 5.73 Å². The molecular weight excluding hydrogens is 263 g/mol. The average Bonchev–Trinajstić information content (AvgIpc) is 2.37. The van der Waals surface area contributed by atoms with Crippen LogP contribution in [-0.2, 0) is 12.7 Å². The van der Waals surface area contributed by atoms with Crippen molar-refractivity contribution >= 4 is 0 Å². The van der Waals surface area contributed by atoms with Crippen LogP contribution in [0.2, 0.25) is 0 Å². The van der Waals surface area contributed by atoms with Crippen LogP contribution in [0.5, 0.6) is 0 Å². The van der Waals surface area contributed by atoms with Gasteiger partial charge in [0.1, 0.15) is 0 Å². The van der Waals surface area contributed by atoms with Crippen LogP contribution in [0.25, 0.3) is 11.1 Å². The average molecular weight is 279 g/mol. The Kier molecular flexibility index (Phi) is 3.86. The Labute approximate surface area is 116 Å². The molecule has 0 fully saturated rings. The fourth-order valence-corrected chi connectivity index (χ4v) is 2.26. The first-order chi connectivity index (χ1) is 9.32. The third-order valence-corrected chi connectivity index (χ3v) is 3.33. The molecule has 0 saturated heterocycles. The van der Waals surface area contributed by atoms with Crippen LogP contribution in [0.3, 0.4) is 0 Å². The predicted molar refractivity (Wildman–Crippen MR) is 74.2 cm³/mol. The fraction of sp³-hybridized carbons (Fsp3) is 0.250. The summed E-state index contributed by atoms with van der Waals surface area (Å²) in [5, 5.41) is 0. The summed E-state index contributed by atoms with van der Waals surface area (Å²) in [7, 11) is 0. The standard InChI is InChI=1S/C16H16F3N/c1-10-3-4-12(9-20)15(7-10)14-6-5-13(8-11(14)2)16(17,18)19/h3-8H,9,20H2,1-2H3. The summed E-state index contributed by atoms with van der Waals surface area (Å²) in [4.78, 5) is 0. The zero-order valence-electron chi connectivity index (χ0n) is 11.4. The Morgan fingerprint density at radius 2 is 1.65 bits per heavy atom. The first-order valence-electron chi connectivity index (χ1n) is 6.30. The van der Waals surface area contributed by atoms with Gasteiger partial charge in [0.25, 0.3) is 0 Å². The molecule has 0 aliphatic carbocycles. The van der Waals surface area contributed by atoms with Gasteiger partial charge in [0.15, 0.2) is 0 Å². The van der Waals surface area contributed by atoms with Gasteiger partial charge >= 0.3 is 6.18 Å². The molecule has 0 aliphatic heterocycles. The summed E-state index contributed by atoms with van der Waals surface area (Å²) in [5.74, 6) is 0. The Bertz CT molecular complexity index is 630. The van der Waals surface area contributed by atoms with Crippen molar-refractivity contribution in [3.05, 3.63) is 58.7 Å². The molecule has 0 radical (unpaired) electrons. The summed E-state index contributed by atoms with van der Waals surface area (Å²) in [6.07, 6.45) is -4.31. The lowest BCUT2D eigenvalue weighted by atomic mass is 9.93. The molecule has 0 aliphatic rings. The van der Waals surface area contributed by atoms with Crippen molar-refractivity contribution in [3.8, 4) is 11.1 Å². The van der Waals surface area contributed by atoms with Crippen LogP contribution in [-0.4, -0.2) is 0 Å². The number of benzene rings is 2. The molecule has 2 rings (SSSR count). The Balaban J connectivity index is 2.57. The maximum absolute atomic E-state index is 12.7. The monoisotopic (exact) mass is 279 g/mol. The van der Waals surface area contributed by atoms with E-state index in [1.165, 1.54) is 12.1 Å². The molecule has 0 atom stereocenters. The second kappa shape index (κ2) is 5.29. The first-order valence-corrected chi connectivity index (χ1v) is 6.30. The molecule has 0 amide bonds. The van der Waals surface area contributed by atoms with E-state index >= 15 is 0 Å². The molecule has 1 nitrogen and oxygen atoms in total. The highest BCUT2D eigenvalue weighted by Gasteiger charge is 2.30. The predicted octanol–water partition coefficient (Wildman–Crippen LogP) is 4.45. The molecule has 0 unspecified atom stereocenters. The van der Waals surface area contributed by atoms with Gasteiger partial charge in [-0.15, -0.1) is 0 Å². The highest BCUT2D eigenvalue weighted by Crippen LogP contribution is 2.34. The normalized spacial score (nSPS) is 11.7. The number of halogens is 3. The minimum atomic E-state index is -4.31. The van der Waals surface area contributed by atoms with Crippen LogP contribution in [0, 0.1) is 13.8 Å². The summed E-state index contributed by atoms with van der Waals surface area (Å²) >= 11 is 0. The summed E-state index contributed by atoms with van der Waals surface area (Å²) in [5.41, 5.74) is 9.36. The third-order valence-electron chi connectivity index (χ3n) is 3.33. The van der Waals surface area contributed by atoms with Crippen molar-refractivity contribution in [2.45, 2.75) is 26.6 Å². The second-order valence-electron chi connectivity index (χ2n) is 4.89. The molecule has 0 heterocycles. The number of aryl methyl sites for hydroxylation is 2. The summed E-state index contributed by atoms with van der Waals surface area (Å²) < 4.78 is 38.1. The Morgan fingerprint density at radius 3 is 2.20 bits per heavy atom. The van der Waals surface area contributed by atoms with E-state index in [-0.39, 0.29) is 0 Å². The molecular formula is C16H16F3N. The van der Waals surface area contributed by atoms with E-state index in [1.807, 2.05) is 25.1 Å². The van der Waals surface area contributed by atoms with Gasteiger partial charge in [0, 0.05) is 6.54 Å². The van der Waals surface area contributed by atoms with Gasteiger partial charge in [-0.1, -0.05) is 29.8 Å². The van der Waals surface area contributed by atoms with Crippen LogP contribution >= 0.6 is 0 Å². The van der Waals surface area contributed by atoms with Crippen molar-refractivity contribution in [1.29, 1.82) is 0 Å². The van der Waals surface area contributed by atoms with E-state index in [2.05, 4.69) is 0 Å². The highest BCUT2D eigenvalue weighted by molar-refractivity contribution is 5.71. The van der Waals surface area contributed by atoms with E-state index in [9.17, 15) is 13.2 Å². The number of hydrogen-bond donors (Lipinski definition) is 1. The topological polar surface area (TPSA) is 26.0 Å².